The highest BCUT2D eigenvalue weighted by Crippen LogP contribution is 2.31. The van der Waals surface area contributed by atoms with E-state index in [0.29, 0.717) is 19.5 Å². The first-order valence-electron chi connectivity index (χ1n) is 5.70. The zero-order valence-electron chi connectivity index (χ0n) is 10.6. The van der Waals surface area contributed by atoms with Gasteiger partial charge < -0.3 is 15.8 Å². The molecule has 3 N–H and O–H groups in total. The van der Waals surface area contributed by atoms with Crippen molar-refractivity contribution in [2.45, 2.75) is 12.6 Å². The molecule has 0 unspecified atom stereocenters. The molecule has 1 rings (SSSR count). The van der Waals surface area contributed by atoms with Crippen molar-refractivity contribution in [1.29, 1.82) is 0 Å². The van der Waals surface area contributed by atoms with E-state index in [4.69, 9.17) is 10.5 Å². The van der Waals surface area contributed by atoms with Crippen molar-refractivity contribution < 1.29 is 22.7 Å². The van der Waals surface area contributed by atoms with Gasteiger partial charge in [-0.25, -0.2) is 0 Å². The number of benzene rings is 1. The summed E-state index contributed by atoms with van der Waals surface area (Å²) in [4.78, 5) is 11.3. The molecule has 0 saturated heterocycles. The number of rotatable bonds is 6. The first-order valence-corrected chi connectivity index (χ1v) is 5.70. The monoisotopic (exact) mass is 312 g/mol. The number of amides is 1. The lowest BCUT2D eigenvalue weighted by atomic mass is 10.2. The summed E-state index contributed by atoms with van der Waals surface area (Å²) < 4.78 is 42.3. The van der Waals surface area contributed by atoms with E-state index in [0.717, 1.165) is 12.1 Å². The van der Waals surface area contributed by atoms with Gasteiger partial charge in [-0.05, 0) is 31.2 Å². The van der Waals surface area contributed by atoms with Crippen LogP contribution in [0.2, 0.25) is 0 Å². The number of carbonyl (C=O) groups excluding carboxylic acids is 1. The fourth-order valence-electron chi connectivity index (χ4n) is 1.29. The summed E-state index contributed by atoms with van der Waals surface area (Å²) in [7, 11) is 0. The van der Waals surface area contributed by atoms with Crippen LogP contribution in [0.25, 0.3) is 0 Å². The van der Waals surface area contributed by atoms with Crippen molar-refractivity contribution in [3.8, 4) is 5.75 Å². The van der Waals surface area contributed by atoms with Crippen LogP contribution in [0.4, 0.5) is 13.2 Å². The quantitative estimate of drug-likeness (QED) is 0.789. The fraction of sp³-hybridized carbons (Fsp3) is 0.417. The zero-order valence-corrected chi connectivity index (χ0v) is 11.4. The Morgan fingerprint density at radius 2 is 2.05 bits per heavy atom. The molecule has 0 heterocycles. The average molecular weight is 313 g/mol. The van der Waals surface area contributed by atoms with Crippen molar-refractivity contribution in [3.05, 3.63) is 29.8 Å². The number of ether oxygens (including phenoxy) is 1. The number of carbonyl (C=O) groups is 1. The highest BCUT2D eigenvalue weighted by atomic mass is 35.5. The molecule has 0 aromatic heterocycles. The van der Waals surface area contributed by atoms with Gasteiger partial charge in [0.05, 0.1) is 5.56 Å². The fourth-order valence-corrected chi connectivity index (χ4v) is 1.29. The van der Waals surface area contributed by atoms with Crippen LogP contribution in [0.3, 0.4) is 0 Å². The van der Waals surface area contributed by atoms with E-state index < -0.39 is 17.6 Å². The molecule has 0 aliphatic heterocycles. The third-order valence-electron chi connectivity index (χ3n) is 2.23. The first-order chi connectivity index (χ1) is 8.93. The lowest BCUT2D eigenvalue weighted by molar-refractivity contribution is -0.137. The molecule has 0 aliphatic carbocycles. The minimum Gasteiger partial charge on any atom is -0.484 e. The maximum atomic E-state index is 12.4. The van der Waals surface area contributed by atoms with Crippen LogP contribution in [-0.2, 0) is 11.0 Å². The van der Waals surface area contributed by atoms with Gasteiger partial charge >= 0.3 is 6.18 Å². The van der Waals surface area contributed by atoms with Crippen molar-refractivity contribution in [2.24, 2.45) is 5.73 Å². The number of hydrogen-bond donors (Lipinski definition) is 2. The smallest absolute Gasteiger partial charge is 0.416 e. The molecule has 8 heteroatoms. The molecule has 0 spiro atoms. The molecule has 4 nitrogen and oxygen atoms in total. The lowest BCUT2D eigenvalue weighted by Gasteiger charge is -2.10. The molecule has 0 bridgehead atoms. The largest absolute Gasteiger partial charge is 0.484 e. The molecular formula is C12H16ClF3N2O2. The Labute approximate surface area is 120 Å². The number of alkyl halides is 3. The highest BCUT2D eigenvalue weighted by molar-refractivity contribution is 5.85. The Bertz CT molecular complexity index is 427. The second-order valence-electron chi connectivity index (χ2n) is 3.81. The molecule has 0 radical (unpaired) electrons. The number of nitrogens with two attached hydrogens (primary N) is 1. The second kappa shape index (κ2) is 8.65. The van der Waals surface area contributed by atoms with Gasteiger partial charge in [0.2, 0.25) is 0 Å². The Hall–Kier alpha value is -1.47. The summed E-state index contributed by atoms with van der Waals surface area (Å²) in [6.07, 6.45) is -3.79. The van der Waals surface area contributed by atoms with Crippen LogP contribution in [0.15, 0.2) is 24.3 Å². The van der Waals surface area contributed by atoms with Crippen LogP contribution in [0, 0.1) is 0 Å². The maximum absolute atomic E-state index is 12.4. The number of halogens is 4. The van der Waals surface area contributed by atoms with E-state index in [1.165, 1.54) is 12.1 Å². The lowest BCUT2D eigenvalue weighted by Crippen LogP contribution is -2.30. The standard InChI is InChI=1S/C12H15F3N2O2.ClH/c13-12(14,15)9-3-1-4-10(7-9)19-8-11(18)17-6-2-5-16;/h1,3-4,7H,2,5-6,8,16H2,(H,17,18);1H. The minimum absolute atomic E-state index is 0. The van der Waals surface area contributed by atoms with Crippen LogP contribution in [0.1, 0.15) is 12.0 Å². The Morgan fingerprint density at radius 1 is 1.35 bits per heavy atom. The molecule has 1 aromatic carbocycles. The molecule has 0 atom stereocenters. The summed E-state index contributed by atoms with van der Waals surface area (Å²) in [5.41, 5.74) is 4.44. The van der Waals surface area contributed by atoms with Crippen LogP contribution in [-0.4, -0.2) is 25.6 Å². The van der Waals surface area contributed by atoms with Gasteiger partial charge in [0.15, 0.2) is 6.61 Å². The summed E-state index contributed by atoms with van der Waals surface area (Å²) >= 11 is 0. The normalized spacial score (nSPS) is 10.6. The van der Waals surface area contributed by atoms with Crippen LogP contribution in [0.5, 0.6) is 5.75 Å². The highest BCUT2D eigenvalue weighted by Gasteiger charge is 2.30. The topological polar surface area (TPSA) is 64.3 Å². The molecule has 1 amide bonds. The minimum atomic E-state index is -4.43. The van der Waals surface area contributed by atoms with Gasteiger partial charge in [-0.15, -0.1) is 12.4 Å². The van der Waals surface area contributed by atoms with Crippen molar-refractivity contribution >= 4 is 18.3 Å². The maximum Gasteiger partial charge on any atom is 0.416 e. The van der Waals surface area contributed by atoms with Gasteiger partial charge in [0.1, 0.15) is 5.75 Å². The van der Waals surface area contributed by atoms with Gasteiger partial charge in [0, 0.05) is 6.54 Å². The molecule has 1 aromatic rings. The zero-order chi connectivity index (χ0) is 14.3. The molecule has 114 valence electrons. The second-order valence-corrected chi connectivity index (χ2v) is 3.81. The third kappa shape index (κ3) is 6.63. The number of hydrogen-bond acceptors (Lipinski definition) is 3. The Morgan fingerprint density at radius 3 is 2.65 bits per heavy atom. The van der Waals surface area contributed by atoms with Gasteiger partial charge in [-0.2, -0.15) is 13.2 Å². The van der Waals surface area contributed by atoms with Gasteiger partial charge in [0.25, 0.3) is 5.91 Å². The summed E-state index contributed by atoms with van der Waals surface area (Å²) in [5.74, 6) is -0.394. The average Bonchev–Trinajstić information content (AvgIpc) is 2.36. The molecular weight excluding hydrogens is 297 g/mol. The summed E-state index contributed by atoms with van der Waals surface area (Å²) in [6.45, 7) is 0.544. The molecule has 0 fully saturated rings. The van der Waals surface area contributed by atoms with E-state index in [-0.39, 0.29) is 24.8 Å². The molecule has 0 aliphatic rings. The van der Waals surface area contributed by atoms with E-state index in [1.807, 2.05) is 0 Å². The summed E-state index contributed by atoms with van der Waals surface area (Å²) in [5, 5.41) is 2.53. The van der Waals surface area contributed by atoms with Crippen LogP contribution < -0.4 is 15.8 Å². The SMILES string of the molecule is Cl.NCCCNC(=O)COc1cccc(C(F)(F)F)c1. The van der Waals surface area contributed by atoms with E-state index >= 15 is 0 Å². The number of nitrogens with one attached hydrogen (secondary N) is 1. The first kappa shape index (κ1) is 18.5. The molecule has 20 heavy (non-hydrogen) atoms. The Kier molecular flexibility index (Phi) is 8.02. The third-order valence-corrected chi connectivity index (χ3v) is 2.23. The molecule has 0 saturated carbocycles. The van der Waals surface area contributed by atoms with Crippen molar-refractivity contribution in [3.63, 3.8) is 0 Å². The van der Waals surface area contributed by atoms with Crippen LogP contribution >= 0.6 is 12.4 Å². The predicted octanol–water partition coefficient (Wildman–Crippen LogP) is 1.97. The van der Waals surface area contributed by atoms with Gasteiger partial charge in [-0.1, -0.05) is 6.07 Å². The predicted molar refractivity (Wildman–Crippen MR) is 70.9 cm³/mol. The van der Waals surface area contributed by atoms with Crippen molar-refractivity contribution in [1.82, 2.24) is 5.32 Å². The Balaban J connectivity index is 0.00000361. The van der Waals surface area contributed by atoms with E-state index in [9.17, 15) is 18.0 Å². The van der Waals surface area contributed by atoms with E-state index in [1.54, 1.807) is 0 Å². The van der Waals surface area contributed by atoms with Gasteiger partial charge in [-0.3, -0.25) is 4.79 Å². The van der Waals surface area contributed by atoms with E-state index in [2.05, 4.69) is 5.32 Å². The van der Waals surface area contributed by atoms with Crippen molar-refractivity contribution in [2.75, 3.05) is 19.7 Å². The summed E-state index contributed by atoms with van der Waals surface area (Å²) in [6, 6.07) is 4.38.